The van der Waals surface area contributed by atoms with E-state index in [4.69, 9.17) is 4.74 Å². The van der Waals surface area contributed by atoms with Crippen LogP contribution in [0.3, 0.4) is 0 Å². The van der Waals surface area contributed by atoms with Crippen molar-refractivity contribution in [2.45, 2.75) is 40.2 Å². The number of nitrogens with zero attached hydrogens (tertiary/aromatic N) is 1. The Balaban J connectivity index is 2.85. The van der Waals surface area contributed by atoms with Gasteiger partial charge in [0.25, 0.3) is 5.91 Å². The third-order valence-corrected chi connectivity index (χ3v) is 2.85. The van der Waals surface area contributed by atoms with Gasteiger partial charge in [0.2, 0.25) is 0 Å². The summed E-state index contributed by atoms with van der Waals surface area (Å²) in [7, 11) is 1.32. The van der Waals surface area contributed by atoms with E-state index in [1.54, 1.807) is 13.8 Å². The Morgan fingerprint density at radius 3 is 2.42 bits per heavy atom. The molecule has 6 heteroatoms. The monoisotopic (exact) mass is 267 g/mol. The second-order valence-electron chi connectivity index (χ2n) is 4.99. The SMILES string of the molecule is COC(=O)C(CC(C)C)NC(=O)c1c(C)n[nH]c1C. The molecule has 1 heterocycles. The molecule has 0 bridgehead atoms. The number of carbonyl (C=O) groups excluding carboxylic acids is 2. The first-order chi connectivity index (χ1) is 8.86. The van der Waals surface area contributed by atoms with Gasteiger partial charge in [-0.1, -0.05) is 13.8 Å². The van der Waals surface area contributed by atoms with Crippen LogP contribution in [0.25, 0.3) is 0 Å². The topological polar surface area (TPSA) is 84.1 Å². The summed E-state index contributed by atoms with van der Waals surface area (Å²) < 4.78 is 4.71. The molecule has 6 nitrogen and oxygen atoms in total. The number of ether oxygens (including phenoxy) is 1. The lowest BCUT2D eigenvalue weighted by Gasteiger charge is -2.18. The number of nitrogens with one attached hydrogen (secondary N) is 2. The summed E-state index contributed by atoms with van der Waals surface area (Å²) >= 11 is 0. The van der Waals surface area contributed by atoms with Crippen LogP contribution in [0, 0.1) is 19.8 Å². The Morgan fingerprint density at radius 2 is 2.00 bits per heavy atom. The number of methoxy groups -OCH3 is 1. The molecule has 0 aliphatic carbocycles. The van der Waals surface area contributed by atoms with Crippen molar-refractivity contribution in [1.29, 1.82) is 0 Å². The Labute approximate surface area is 112 Å². The van der Waals surface area contributed by atoms with Gasteiger partial charge in [-0.2, -0.15) is 5.10 Å². The summed E-state index contributed by atoms with van der Waals surface area (Å²) in [4.78, 5) is 23.8. The fourth-order valence-electron chi connectivity index (χ4n) is 1.94. The smallest absolute Gasteiger partial charge is 0.328 e. The number of esters is 1. The van der Waals surface area contributed by atoms with Gasteiger partial charge in [0.15, 0.2) is 0 Å². The minimum Gasteiger partial charge on any atom is -0.467 e. The fourth-order valence-corrected chi connectivity index (χ4v) is 1.94. The normalized spacial score (nSPS) is 12.3. The number of amides is 1. The lowest BCUT2D eigenvalue weighted by Crippen LogP contribution is -2.42. The maximum atomic E-state index is 12.2. The molecule has 1 atom stereocenters. The van der Waals surface area contributed by atoms with Crippen molar-refractivity contribution >= 4 is 11.9 Å². The quantitative estimate of drug-likeness (QED) is 0.789. The molecule has 1 rings (SSSR count). The van der Waals surface area contributed by atoms with Crippen LogP contribution in [0.4, 0.5) is 0 Å². The molecular weight excluding hydrogens is 246 g/mol. The van der Waals surface area contributed by atoms with Crippen LogP contribution in [0.2, 0.25) is 0 Å². The fraction of sp³-hybridized carbons (Fsp3) is 0.615. The summed E-state index contributed by atoms with van der Waals surface area (Å²) in [6, 6.07) is -0.633. The molecule has 2 N–H and O–H groups in total. The Kier molecular flexibility index (Phi) is 5.09. The van der Waals surface area contributed by atoms with Crippen molar-refractivity contribution in [2.75, 3.05) is 7.11 Å². The number of carbonyl (C=O) groups is 2. The minimum absolute atomic E-state index is 0.274. The molecule has 0 radical (unpaired) electrons. The highest BCUT2D eigenvalue weighted by atomic mass is 16.5. The van der Waals surface area contributed by atoms with Gasteiger partial charge in [-0.05, 0) is 26.2 Å². The molecule has 106 valence electrons. The van der Waals surface area contributed by atoms with Gasteiger partial charge in [0, 0.05) is 5.69 Å². The van der Waals surface area contributed by atoms with E-state index in [0.717, 1.165) is 0 Å². The molecule has 0 aromatic carbocycles. The van der Waals surface area contributed by atoms with Crippen molar-refractivity contribution in [2.24, 2.45) is 5.92 Å². The largest absolute Gasteiger partial charge is 0.467 e. The van der Waals surface area contributed by atoms with Crippen LogP contribution in [-0.4, -0.2) is 35.2 Å². The molecule has 0 aliphatic rings. The third kappa shape index (κ3) is 3.81. The standard InChI is InChI=1S/C13H21N3O3/c1-7(2)6-10(13(18)19-5)14-12(17)11-8(3)15-16-9(11)4/h7,10H,6H2,1-5H3,(H,14,17)(H,15,16). The van der Waals surface area contributed by atoms with Crippen LogP contribution >= 0.6 is 0 Å². The number of hydrogen-bond acceptors (Lipinski definition) is 4. The summed E-state index contributed by atoms with van der Waals surface area (Å²) in [5.41, 5.74) is 1.78. The van der Waals surface area contributed by atoms with Crippen LogP contribution in [-0.2, 0) is 9.53 Å². The molecule has 0 spiro atoms. The molecule has 1 unspecified atom stereocenters. The third-order valence-electron chi connectivity index (χ3n) is 2.85. The van der Waals surface area contributed by atoms with Gasteiger partial charge in [-0.3, -0.25) is 9.89 Å². The lowest BCUT2D eigenvalue weighted by atomic mass is 10.0. The number of hydrogen-bond donors (Lipinski definition) is 2. The van der Waals surface area contributed by atoms with Crippen molar-refractivity contribution in [3.8, 4) is 0 Å². The predicted molar refractivity (Wildman–Crippen MR) is 70.8 cm³/mol. The van der Waals surface area contributed by atoms with Gasteiger partial charge < -0.3 is 10.1 Å². The summed E-state index contributed by atoms with van der Waals surface area (Å²) in [6.45, 7) is 7.48. The number of aryl methyl sites for hydroxylation is 2. The summed E-state index contributed by atoms with van der Waals surface area (Å²) in [5.74, 6) is -0.461. The summed E-state index contributed by atoms with van der Waals surface area (Å²) in [5, 5.41) is 9.43. The number of aromatic nitrogens is 2. The van der Waals surface area contributed by atoms with Gasteiger partial charge in [-0.25, -0.2) is 4.79 Å². The van der Waals surface area contributed by atoms with E-state index in [0.29, 0.717) is 23.4 Å². The Bertz CT molecular complexity index is 446. The number of aromatic amines is 1. The van der Waals surface area contributed by atoms with Crippen molar-refractivity contribution < 1.29 is 14.3 Å². The second kappa shape index (κ2) is 6.36. The molecule has 0 fully saturated rings. The molecule has 1 aromatic heterocycles. The first-order valence-electron chi connectivity index (χ1n) is 6.27. The zero-order valence-electron chi connectivity index (χ0n) is 12.0. The number of rotatable bonds is 5. The summed E-state index contributed by atoms with van der Waals surface area (Å²) in [6.07, 6.45) is 0.536. The molecule has 0 saturated carbocycles. The van der Waals surface area contributed by atoms with Crippen LogP contribution in [0.5, 0.6) is 0 Å². The van der Waals surface area contributed by atoms with Gasteiger partial charge >= 0.3 is 5.97 Å². The Hall–Kier alpha value is -1.85. The molecule has 19 heavy (non-hydrogen) atoms. The highest BCUT2D eigenvalue weighted by Gasteiger charge is 2.25. The van der Waals surface area contributed by atoms with Gasteiger partial charge in [0.05, 0.1) is 18.4 Å². The zero-order valence-corrected chi connectivity index (χ0v) is 12.0. The van der Waals surface area contributed by atoms with Crippen molar-refractivity contribution in [3.05, 3.63) is 17.0 Å². The molecule has 1 amide bonds. The van der Waals surface area contributed by atoms with Gasteiger partial charge in [0.1, 0.15) is 6.04 Å². The molecule has 0 aliphatic heterocycles. The van der Waals surface area contributed by atoms with E-state index in [9.17, 15) is 9.59 Å². The average molecular weight is 267 g/mol. The van der Waals surface area contributed by atoms with E-state index < -0.39 is 12.0 Å². The molecule has 0 saturated heterocycles. The van der Waals surface area contributed by atoms with Crippen molar-refractivity contribution in [3.63, 3.8) is 0 Å². The first-order valence-corrected chi connectivity index (χ1v) is 6.27. The van der Waals surface area contributed by atoms with E-state index in [2.05, 4.69) is 15.5 Å². The lowest BCUT2D eigenvalue weighted by molar-refractivity contribution is -0.143. The first kappa shape index (κ1) is 15.2. The van der Waals surface area contributed by atoms with Crippen LogP contribution in [0.1, 0.15) is 42.0 Å². The maximum absolute atomic E-state index is 12.2. The Morgan fingerprint density at radius 1 is 1.37 bits per heavy atom. The predicted octanol–water partition coefficient (Wildman–Crippen LogP) is 1.34. The highest BCUT2D eigenvalue weighted by molar-refractivity contribution is 5.98. The van der Waals surface area contributed by atoms with Crippen LogP contribution in [0.15, 0.2) is 0 Å². The zero-order chi connectivity index (χ0) is 14.6. The highest BCUT2D eigenvalue weighted by Crippen LogP contribution is 2.11. The van der Waals surface area contributed by atoms with Gasteiger partial charge in [-0.15, -0.1) is 0 Å². The van der Waals surface area contributed by atoms with E-state index >= 15 is 0 Å². The van der Waals surface area contributed by atoms with Crippen molar-refractivity contribution in [1.82, 2.24) is 15.5 Å². The van der Waals surface area contributed by atoms with E-state index in [1.807, 2.05) is 13.8 Å². The second-order valence-corrected chi connectivity index (χ2v) is 4.99. The molecular formula is C13H21N3O3. The number of H-pyrrole nitrogens is 1. The van der Waals surface area contributed by atoms with Crippen LogP contribution < -0.4 is 5.32 Å². The molecule has 1 aromatic rings. The maximum Gasteiger partial charge on any atom is 0.328 e. The van der Waals surface area contributed by atoms with E-state index in [-0.39, 0.29) is 11.8 Å². The minimum atomic E-state index is -0.633. The average Bonchev–Trinajstić information content (AvgIpc) is 2.66. The van der Waals surface area contributed by atoms with E-state index in [1.165, 1.54) is 7.11 Å².